The fraction of sp³-hybridized carbons (Fsp3) is 0.310. The molecule has 2 nitrogen and oxygen atoms in total. The van der Waals surface area contributed by atoms with Crippen LogP contribution in [0.5, 0.6) is 0 Å². The molecule has 0 aliphatic carbocycles. The standard InChI is InChI=1S/C29H32N2/c1-27(2)19-30-25-15-7-8-16-26(25)31-20-28(3,4)22-12-10-14-24(18-22)29(5,6)23-13-9-11-21(27)17-23/h7-20H,1-6H3. The number of hydrogen-bond donors (Lipinski definition) is 0. The summed E-state index contributed by atoms with van der Waals surface area (Å²) in [4.78, 5) is 9.75. The largest absolute Gasteiger partial charge is 0.258 e. The van der Waals surface area contributed by atoms with Crippen LogP contribution in [0.4, 0.5) is 11.4 Å². The van der Waals surface area contributed by atoms with Crippen molar-refractivity contribution in [2.24, 2.45) is 9.98 Å². The third-order valence-corrected chi connectivity index (χ3v) is 6.59. The lowest BCUT2D eigenvalue weighted by atomic mass is 9.74. The molecule has 1 aliphatic heterocycles. The number of nitrogens with zero attached hydrogens (tertiary/aromatic N) is 2. The van der Waals surface area contributed by atoms with E-state index in [1.165, 1.54) is 22.3 Å². The number of benzene rings is 3. The molecular formula is C29H32N2. The molecule has 0 spiro atoms. The molecule has 0 saturated carbocycles. The second-order valence-corrected chi connectivity index (χ2v) is 10.2. The van der Waals surface area contributed by atoms with Gasteiger partial charge >= 0.3 is 0 Å². The zero-order chi connectivity index (χ0) is 22.3. The lowest BCUT2D eigenvalue weighted by molar-refractivity contribution is 0.630. The first-order valence-electron chi connectivity index (χ1n) is 11.0. The van der Waals surface area contributed by atoms with E-state index in [1.807, 2.05) is 24.3 Å². The van der Waals surface area contributed by atoms with E-state index in [2.05, 4.69) is 103 Å². The molecule has 31 heavy (non-hydrogen) atoms. The zero-order valence-corrected chi connectivity index (χ0v) is 19.5. The number of para-hydroxylation sites is 2. The summed E-state index contributed by atoms with van der Waals surface area (Å²) in [7, 11) is 0. The minimum atomic E-state index is -0.204. The molecule has 2 heteroatoms. The van der Waals surface area contributed by atoms with E-state index in [0.29, 0.717) is 0 Å². The van der Waals surface area contributed by atoms with Gasteiger partial charge in [0.1, 0.15) is 0 Å². The number of rotatable bonds is 0. The van der Waals surface area contributed by atoms with Crippen LogP contribution in [-0.2, 0) is 16.2 Å². The molecule has 0 amide bonds. The summed E-state index contributed by atoms with van der Waals surface area (Å²) in [5, 5.41) is 0. The quantitative estimate of drug-likeness (QED) is 0.364. The van der Waals surface area contributed by atoms with E-state index in [4.69, 9.17) is 9.98 Å². The topological polar surface area (TPSA) is 24.7 Å². The first-order chi connectivity index (χ1) is 14.6. The van der Waals surface area contributed by atoms with E-state index in [9.17, 15) is 0 Å². The highest BCUT2D eigenvalue weighted by atomic mass is 14.8. The zero-order valence-electron chi connectivity index (χ0n) is 19.5. The maximum Gasteiger partial charge on any atom is 0.0882 e. The molecular weight excluding hydrogens is 376 g/mol. The van der Waals surface area contributed by atoms with Crippen LogP contribution in [-0.4, -0.2) is 12.4 Å². The predicted molar refractivity (Wildman–Crippen MR) is 134 cm³/mol. The van der Waals surface area contributed by atoms with Gasteiger partial charge in [-0.1, -0.05) is 102 Å². The van der Waals surface area contributed by atoms with E-state index in [-0.39, 0.29) is 16.2 Å². The monoisotopic (exact) mass is 408 g/mol. The Labute approximate surface area is 186 Å². The average molecular weight is 409 g/mol. The summed E-state index contributed by atoms with van der Waals surface area (Å²) in [5.41, 5.74) is 6.40. The summed E-state index contributed by atoms with van der Waals surface area (Å²) < 4.78 is 0. The van der Waals surface area contributed by atoms with Crippen molar-refractivity contribution in [1.82, 2.24) is 0 Å². The lowest BCUT2D eigenvalue weighted by Gasteiger charge is -2.30. The smallest absolute Gasteiger partial charge is 0.0882 e. The summed E-state index contributed by atoms with van der Waals surface area (Å²) >= 11 is 0. The van der Waals surface area contributed by atoms with Crippen LogP contribution in [0, 0.1) is 0 Å². The van der Waals surface area contributed by atoms with Gasteiger partial charge in [-0.2, -0.15) is 0 Å². The van der Waals surface area contributed by atoms with Crippen molar-refractivity contribution < 1.29 is 0 Å². The van der Waals surface area contributed by atoms with Gasteiger partial charge in [0, 0.05) is 28.7 Å². The molecule has 4 rings (SSSR count). The Morgan fingerprint density at radius 3 is 1.29 bits per heavy atom. The van der Waals surface area contributed by atoms with Crippen molar-refractivity contribution in [3.05, 3.63) is 95.1 Å². The molecule has 1 heterocycles. The van der Waals surface area contributed by atoms with Gasteiger partial charge in [0.05, 0.1) is 11.4 Å². The molecule has 0 atom stereocenters. The Hall–Kier alpha value is -3.00. The molecule has 158 valence electrons. The normalized spacial score (nSPS) is 18.5. The molecule has 1 aliphatic rings. The van der Waals surface area contributed by atoms with Crippen LogP contribution in [0.1, 0.15) is 63.8 Å². The van der Waals surface area contributed by atoms with Crippen LogP contribution >= 0.6 is 0 Å². The van der Waals surface area contributed by atoms with E-state index in [1.54, 1.807) is 0 Å². The molecule has 0 radical (unpaired) electrons. The minimum absolute atomic E-state index is 0.115. The molecule has 0 N–H and O–H groups in total. The predicted octanol–water partition coefficient (Wildman–Crippen LogP) is 7.69. The van der Waals surface area contributed by atoms with Gasteiger partial charge < -0.3 is 0 Å². The maximum absolute atomic E-state index is 4.88. The molecule has 4 bridgehead atoms. The number of hydrogen-bond acceptors (Lipinski definition) is 2. The molecule has 3 aromatic carbocycles. The first-order valence-corrected chi connectivity index (χ1v) is 11.0. The van der Waals surface area contributed by atoms with Gasteiger partial charge in [-0.25, -0.2) is 0 Å². The van der Waals surface area contributed by atoms with Crippen LogP contribution < -0.4 is 0 Å². The fourth-order valence-corrected chi connectivity index (χ4v) is 4.08. The van der Waals surface area contributed by atoms with Crippen molar-refractivity contribution in [2.45, 2.75) is 57.8 Å². The second-order valence-electron chi connectivity index (χ2n) is 10.2. The highest BCUT2D eigenvalue weighted by Gasteiger charge is 2.28. The molecule has 3 aromatic rings. The third-order valence-electron chi connectivity index (χ3n) is 6.59. The summed E-state index contributed by atoms with van der Waals surface area (Å²) in [6.07, 6.45) is 4.11. The Morgan fingerprint density at radius 2 is 0.871 bits per heavy atom. The van der Waals surface area contributed by atoms with Gasteiger partial charge in [0.2, 0.25) is 0 Å². The highest BCUT2D eigenvalue weighted by molar-refractivity contribution is 5.82. The maximum atomic E-state index is 4.88. The minimum Gasteiger partial charge on any atom is -0.258 e. The van der Waals surface area contributed by atoms with Crippen molar-refractivity contribution in [3.8, 4) is 0 Å². The molecule has 0 fully saturated rings. The molecule has 0 aromatic heterocycles. The van der Waals surface area contributed by atoms with Crippen LogP contribution in [0.15, 0.2) is 82.8 Å². The average Bonchev–Trinajstić information content (AvgIpc) is 2.76. The third kappa shape index (κ3) is 4.12. The van der Waals surface area contributed by atoms with Gasteiger partial charge in [0.25, 0.3) is 0 Å². The Morgan fingerprint density at radius 1 is 0.484 bits per heavy atom. The highest BCUT2D eigenvalue weighted by Crippen LogP contribution is 2.37. The van der Waals surface area contributed by atoms with Crippen molar-refractivity contribution in [2.75, 3.05) is 0 Å². The SMILES string of the molecule is CC1(C)C=Nc2ccccc2N=CC(C)(C)c2cccc(c2)C(C)(C)c2cccc1c2. The summed E-state index contributed by atoms with van der Waals surface area (Å²) in [6, 6.07) is 26.0. The number of aliphatic imine (C=N–C) groups is 2. The van der Waals surface area contributed by atoms with Crippen LogP contribution in [0.25, 0.3) is 0 Å². The molecule has 0 saturated heterocycles. The summed E-state index contributed by atoms with van der Waals surface area (Å²) in [5.74, 6) is 0. The van der Waals surface area contributed by atoms with Gasteiger partial charge in [-0.3, -0.25) is 9.98 Å². The van der Waals surface area contributed by atoms with Crippen LogP contribution in [0.2, 0.25) is 0 Å². The Balaban J connectivity index is 1.99. The Bertz CT molecular complexity index is 1070. The van der Waals surface area contributed by atoms with Crippen molar-refractivity contribution >= 4 is 23.8 Å². The van der Waals surface area contributed by atoms with Crippen molar-refractivity contribution in [1.29, 1.82) is 0 Å². The van der Waals surface area contributed by atoms with Gasteiger partial charge in [0.15, 0.2) is 0 Å². The second kappa shape index (κ2) is 7.60. The fourth-order valence-electron chi connectivity index (χ4n) is 4.08. The van der Waals surface area contributed by atoms with Gasteiger partial charge in [-0.15, -0.1) is 0 Å². The van der Waals surface area contributed by atoms with Crippen LogP contribution in [0.3, 0.4) is 0 Å². The van der Waals surface area contributed by atoms with E-state index >= 15 is 0 Å². The Kier molecular flexibility index (Phi) is 5.21. The number of fused-ring (bicyclic) bond motifs is 5. The van der Waals surface area contributed by atoms with E-state index < -0.39 is 0 Å². The summed E-state index contributed by atoms with van der Waals surface area (Å²) in [6.45, 7) is 13.5. The van der Waals surface area contributed by atoms with E-state index in [0.717, 1.165) is 11.4 Å². The van der Waals surface area contributed by atoms with Gasteiger partial charge in [-0.05, 0) is 34.4 Å². The molecule has 0 unspecified atom stereocenters. The lowest BCUT2D eigenvalue weighted by Crippen LogP contribution is -2.24. The van der Waals surface area contributed by atoms with Crippen molar-refractivity contribution in [3.63, 3.8) is 0 Å². The first kappa shape index (κ1) is 21.2.